The second kappa shape index (κ2) is 21.2. The topological polar surface area (TPSA) is 144 Å². The number of nitrogens with two attached hydrogens (primary N) is 1. The van der Waals surface area contributed by atoms with Crippen molar-refractivity contribution in [2.75, 3.05) is 13.1 Å². The van der Waals surface area contributed by atoms with Crippen LogP contribution in [0.25, 0.3) is 0 Å². The molecule has 19 heavy (non-hydrogen) atoms. The Labute approximate surface area is 248 Å². The standard InChI is InChI=1S/C5H7NO5S.CH3NOS.3K.3H/c7-3(8)1-6(5(11)12)2-4(9)10;2-1(3)4;;;;;;/h1-2H2,(H,7,8)(H,9,10)(H,11,12);(H3,2,3,4);;;;;;. The fraction of sp³-hybridized carbons (Fsp3) is 0.333. The van der Waals surface area contributed by atoms with Crippen molar-refractivity contribution in [2.24, 2.45) is 5.73 Å². The second-order valence-electron chi connectivity index (χ2n) is 2.26. The van der Waals surface area contributed by atoms with E-state index in [1.165, 1.54) is 0 Å². The van der Waals surface area contributed by atoms with Gasteiger partial charge in [0.15, 0.2) is 0 Å². The van der Waals surface area contributed by atoms with Gasteiger partial charge in [0.05, 0.1) is 0 Å². The Hall–Kier alpha value is 3.23. The summed E-state index contributed by atoms with van der Waals surface area (Å²) < 4.78 is 0. The van der Waals surface area contributed by atoms with Crippen LogP contribution in [0.1, 0.15) is 0 Å². The summed E-state index contributed by atoms with van der Waals surface area (Å²) in [5.74, 6) is -2.51. The number of aliphatic hydroxyl groups excluding tert-OH is 2. The first-order valence-corrected chi connectivity index (χ1v) is 4.38. The van der Waals surface area contributed by atoms with Crippen molar-refractivity contribution in [1.29, 1.82) is 0 Å². The maximum atomic E-state index is 10.1. The molecule has 0 aromatic heterocycles. The zero-order valence-electron chi connectivity index (χ0n) is 7.86. The SMILES string of the molecule is NC(O)=S.O=C(O)CN(CC(=O)O)C(O)=S.[KH].[KH].[KH]. The van der Waals surface area contributed by atoms with Crippen molar-refractivity contribution in [3.63, 3.8) is 0 Å². The van der Waals surface area contributed by atoms with Crippen molar-refractivity contribution in [3.8, 4) is 0 Å². The summed E-state index contributed by atoms with van der Waals surface area (Å²) in [5, 5.41) is 31.4. The molecule has 0 atom stereocenters. The number of aliphatic hydroxyl groups is 2. The van der Waals surface area contributed by atoms with Gasteiger partial charge >= 0.3 is 166 Å². The number of carboxylic acid groups (broad SMARTS) is 2. The van der Waals surface area contributed by atoms with E-state index in [9.17, 15) is 9.59 Å². The first-order chi connectivity index (χ1) is 7.16. The molecule has 98 valence electrons. The fourth-order valence-corrected chi connectivity index (χ4v) is 0.647. The van der Waals surface area contributed by atoms with Gasteiger partial charge in [-0.15, -0.1) is 0 Å². The van der Waals surface area contributed by atoms with Crippen molar-refractivity contribution in [3.05, 3.63) is 0 Å². The summed E-state index contributed by atoms with van der Waals surface area (Å²) in [7, 11) is 0. The summed E-state index contributed by atoms with van der Waals surface area (Å²) in [4.78, 5) is 20.8. The predicted molar refractivity (Wildman–Crippen MR) is 82.9 cm³/mol. The molecule has 0 saturated heterocycles. The third-order valence-corrected chi connectivity index (χ3v) is 1.18. The number of carbonyl (C=O) groups is 2. The summed E-state index contributed by atoms with van der Waals surface area (Å²) >= 11 is 8.08. The number of hydrogen-bond acceptors (Lipinski definition) is 4. The van der Waals surface area contributed by atoms with E-state index in [1.54, 1.807) is 0 Å². The van der Waals surface area contributed by atoms with Gasteiger partial charge in [-0.3, -0.25) is 9.59 Å². The molecular formula is C6H13K3N2O6S2. The van der Waals surface area contributed by atoms with Crippen LogP contribution in [0.5, 0.6) is 0 Å². The molecule has 0 heterocycles. The normalized spacial score (nSPS) is 6.95. The minimum atomic E-state index is -1.26. The van der Waals surface area contributed by atoms with E-state index >= 15 is 0 Å². The molecule has 0 fully saturated rings. The van der Waals surface area contributed by atoms with Crippen molar-refractivity contribution in [1.82, 2.24) is 4.90 Å². The van der Waals surface area contributed by atoms with Gasteiger partial charge in [-0.05, 0) is 24.4 Å². The Morgan fingerprint density at radius 1 is 0.895 bits per heavy atom. The molecule has 0 rings (SSSR count). The summed E-state index contributed by atoms with van der Waals surface area (Å²) in [6, 6.07) is 0. The average molecular weight is 391 g/mol. The zero-order chi connectivity index (χ0) is 13.3. The predicted octanol–water partition coefficient (Wildman–Crippen LogP) is -2.86. The third kappa shape index (κ3) is 33.8. The average Bonchev–Trinajstić information content (AvgIpc) is 1.99. The Balaban J connectivity index is -0.0000000827. The van der Waals surface area contributed by atoms with Gasteiger partial charge in [-0.2, -0.15) is 0 Å². The molecule has 0 aliphatic heterocycles. The first-order valence-electron chi connectivity index (χ1n) is 3.56. The van der Waals surface area contributed by atoms with E-state index in [0.717, 1.165) is 0 Å². The Morgan fingerprint density at radius 2 is 1.11 bits per heavy atom. The molecule has 0 aromatic carbocycles. The van der Waals surface area contributed by atoms with E-state index in [2.05, 4.69) is 30.2 Å². The zero-order valence-corrected chi connectivity index (χ0v) is 9.49. The van der Waals surface area contributed by atoms with Gasteiger partial charge in [-0.1, -0.05) is 0 Å². The molecule has 0 unspecified atom stereocenters. The maximum absolute atomic E-state index is 10.1. The van der Waals surface area contributed by atoms with Gasteiger partial charge in [0.1, 0.15) is 13.1 Å². The number of thiocarbonyl (C=S) groups is 2. The van der Waals surface area contributed by atoms with Crippen LogP contribution in [0.15, 0.2) is 0 Å². The molecule has 13 heteroatoms. The summed E-state index contributed by atoms with van der Waals surface area (Å²) in [5.41, 5.74) is 4.40. The number of hydrogen-bond donors (Lipinski definition) is 5. The number of carboxylic acids is 2. The third-order valence-electron chi connectivity index (χ3n) is 0.923. The molecule has 6 N–H and O–H groups in total. The molecule has 0 spiro atoms. The molecule has 8 nitrogen and oxygen atoms in total. The second-order valence-corrected chi connectivity index (χ2v) is 3.05. The van der Waals surface area contributed by atoms with Crippen molar-refractivity contribution >= 4 is 201 Å². The van der Waals surface area contributed by atoms with Gasteiger partial charge in [0, 0.05) is 0 Å². The van der Waals surface area contributed by atoms with Crippen molar-refractivity contribution < 1.29 is 30.0 Å². The van der Waals surface area contributed by atoms with Crippen LogP contribution in [-0.2, 0) is 9.59 Å². The quantitative estimate of drug-likeness (QED) is 0.251. The van der Waals surface area contributed by atoms with E-state index in [1.807, 2.05) is 0 Å². The van der Waals surface area contributed by atoms with Gasteiger partial charge in [-0.25, -0.2) is 0 Å². The number of rotatable bonds is 4. The van der Waals surface area contributed by atoms with Crippen LogP contribution >= 0.6 is 24.4 Å². The van der Waals surface area contributed by atoms with E-state index < -0.39 is 35.4 Å². The van der Waals surface area contributed by atoms with Crippen LogP contribution in [0.2, 0.25) is 0 Å². The molecule has 0 aliphatic carbocycles. The van der Waals surface area contributed by atoms with E-state index in [0.29, 0.717) is 4.90 Å². The van der Waals surface area contributed by atoms with Crippen LogP contribution < -0.4 is 5.73 Å². The monoisotopic (exact) mass is 390 g/mol. The Bertz CT molecular complexity index is 287. The van der Waals surface area contributed by atoms with Gasteiger partial charge in [0.25, 0.3) is 10.3 Å². The van der Waals surface area contributed by atoms with E-state index in [-0.39, 0.29) is 154 Å². The molecular weight excluding hydrogens is 378 g/mol. The molecule has 0 aliphatic rings. The molecule has 0 radical (unpaired) electrons. The summed E-state index contributed by atoms with van der Waals surface area (Å²) in [6.07, 6.45) is 0. The number of aliphatic carboxylic acids is 2. The molecule has 0 bridgehead atoms. The van der Waals surface area contributed by atoms with E-state index in [4.69, 9.17) is 20.4 Å². The van der Waals surface area contributed by atoms with Crippen LogP contribution in [-0.4, -0.2) is 215 Å². The van der Waals surface area contributed by atoms with Crippen LogP contribution in [0.3, 0.4) is 0 Å². The van der Waals surface area contributed by atoms with Crippen LogP contribution in [0, 0.1) is 0 Å². The molecule has 0 saturated carbocycles. The Morgan fingerprint density at radius 3 is 1.21 bits per heavy atom. The first kappa shape index (κ1) is 33.7. The fourth-order valence-electron chi connectivity index (χ4n) is 0.518. The minimum absolute atomic E-state index is 0. The van der Waals surface area contributed by atoms with Gasteiger partial charge in [0.2, 0.25) is 0 Å². The molecule has 0 aromatic rings. The van der Waals surface area contributed by atoms with Crippen LogP contribution in [0.4, 0.5) is 0 Å². The number of nitrogens with zero attached hydrogens (tertiary/aromatic N) is 1. The Kier molecular flexibility index (Phi) is 37.7. The summed E-state index contributed by atoms with van der Waals surface area (Å²) in [6.45, 7) is -1.25. The van der Waals surface area contributed by atoms with Crippen molar-refractivity contribution in [2.45, 2.75) is 0 Å². The van der Waals surface area contributed by atoms with Gasteiger partial charge < -0.3 is 31.1 Å². The molecule has 0 amide bonds.